The molecule has 22 heavy (non-hydrogen) atoms. The summed E-state index contributed by atoms with van der Waals surface area (Å²) in [7, 11) is 0. The normalized spacial score (nSPS) is 15.3. The van der Waals surface area contributed by atoms with Gasteiger partial charge >= 0.3 is 0 Å². The first-order valence-electron chi connectivity index (χ1n) is 7.84. The third-order valence-electron chi connectivity index (χ3n) is 3.91. The molecule has 0 spiro atoms. The minimum atomic E-state index is -0.200. The van der Waals surface area contributed by atoms with Crippen molar-refractivity contribution in [1.29, 1.82) is 0 Å². The van der Waals surface area contributed by atoms with Gasteiger partial charge in [-0.2, -0.15) is 11.8 Å². The van der Waals surface area contributed by atoms with E-state index in [0.717, 1.165) is 18.6 Å². The third-order valence-corrected chi connectivity index (χ3v) is 4.53. The van der Waals surface area contributed by atoms with E-state index >= 15 is 0 Å². The minimum absolute atomic E-state index is 0.0435. The van der Waals surface area contributed by atoms with Gasteiger partial charge in [-0.25, -0.2) is 0 Å². The fraction of sp³-hybridized carbons (Fsp3) is 0.529. The summed E-state index contributed by atoms with van der Waals surface area (Å²) in [6, 6.07) is 7.80. The number of carbonyl (C=O) groups excluding carboxylic acids is 2. The van der Waals surface area contributed by atoms with Crippen molar-refractivity contribution in [2.24, 2.45) is 0 Å². The van der Waals surface area contributed by atoms with Crippen LogP contribution in [0.5, 0.6) is 0 Å². The molecule has 0 bridgehead atoms. The van der Waals surface area contributed by atoms with E-state index in [1.54, 1.807) is 23.9 Å². The van der Waals surface area contributed by atoms with Crippen LogP contribution < -0.4 is 10.6 Å². The van der Waals surface area contributed by atoms with Crippen molar-refractivity contribution in [2.45, 2.75) is 43.9 Å². The van der Waals surface area contributed by atoms with Gasteiger partial charge in [0.15, 0.2) is 0 Å². The van der Waals surface area contributed by atoms with Gasteiger partial charge < -0.3 is 10.6 Å². The predicted molar refractivity (Wildman–Crippen MR) is 91.0 cm³/mol. The maximum Gasteiger partial charge on any atom is 0.251 e. The van der Waals surface area contributed by atoms with Crippen LogP contribution in [0.3, 0.4) is 0 Å². The van der Waals surface area contributed by atoms with E-state index in [1.807, 2.05) is 18.4 Å². The van der Waals surface area contributed by atoms with Crippen molar-refractivity contribution in [3.63, 3.8) is 0 Å². The largest absolute Gasteiger partial charge is 0.352 e. The van der Waals surface area contributed by atoms with Gasteiger partial charge in [0.1, 0.15) is 0 Å². The molecule has 0 unspecified atom stereocenters. The van der Waals surface area contributed by atoms with Crippen molar-refractivity contribution < 1.29 is 9.59 Å². The van der Waals surface area contributed by atoms with Gasteiger partial charge in [-0.3, -0.25) is 9.59 Å². The third kappa shape index (κ3) is 5.37. The fourth-order valence-corrected chi connectivity index (χ4v) is 3.23. The Morgan fingerprint density at radius 1 is 1.14 bits per heavy atom. The Labute approximate surface area is 136 Å². The molecule has 4 nitrogen and oxygen atoms in total. The Kier molecular flexibility index (Phi) is 6.77. The molecule has 1 saturated carbocycles. The highest BCUT2D eigenvalue weighted by Gasteiger charge is 2.16. The molecule has 0 aliphatic heterocycles. The number of hydrogen-bond acceptors (Lipinski definition) is 3. The lowest BCUT2D eigenvalue weighted by Gasteiger charge is -2.22. The van der Waals surface area contributed by atoms with E-state index in [9.17, 15) is 9.59 Å². The number of rotatable bonds is 6. The van der Waals surface area contributed by atoms with Crippen LogP contribution in [0.1, 0.15) is 48.0 Å². The van der Waals surface area contributed by atoms with Crippen LogP contribution in [0.15, 0.2) is 24.3 Å². The van der Waals surface area contributed by atoms with Gasteiger partial charge in [0.05, 0.1) is 6.54 Å². The SMILES string of the molecule is CSCc1ccc(C(=O)NCC(=O)NC2CCCCC2)cc1. The summed E-state index contributed by atoms with van der Waals surface area (Å²) >= 11 is 1.75. The number of thioether (sulfide) groups is 1. The Balaban J connectivity index is 1.75. The highest BCUT2D eigenvalue weighted by Crippen LogP contribution is 2.17. The molecule has 0 atom stereocenters. The molecule has 2 N–H and O–H groups in total. The van der Waals surface area contributed by atoms with Gasteiger partial charge in [-0.15, -0.1) is 0 Å². The molecule has 0 radical (unpaired) electrons. The summed E-state index contributed by atoms with van der Waals surface area (Å²) in [5.41, 5.74) is 1.79. The Hall–Kier alpha value is -1.49. The van der Waals surface area contributed by atoms with Crippen LogP contribution in [0, 0.1) is 0 Å². The molecule has 120 valence electrons. The van der Waals surface area contributed by atoms with E-state index in [-0.39, 0.29) is 24.4 Å². The predicted octanol–water partition coefficient (Wildman–Crippen LogP) is 2.73. The zero-order valence-electron chi connectivity index (χ0n) is 13.1. The first-order chi connectivity index (χ1) is 10.7. The molecule has 1 aliphatic carbocycles. The van der Waals surface area contributed by atoms with Crippen molar-refractivity contribution >= 4 is 23.6 Å². The second-order valence-electron chi connectivity index (χ2n) is 5.72. The molecule has 1 aromatic carbocycles. The summed E-state index contributed by atoms with van der Waals surface area (Å²) in [5, 5.41) is 5.68. The van der Waals surface area contributed by atoms with Crippen LogP contribution in [-0.2, 0) is 10.5 Å². The Morgan fingerprint density at radius 3 is 2.45 bits per heavy atom. The molecule has 0 heterocycles. The van der Waals surface area contributed by atoms with Crippen molar-refractivity contribution in [3.8, 4) is 0 Å². The molecule has 2 rings (SSSR count). The zero-order valence-corrected chi connectivity index (χ0v) is 13.9. The summed E-state index contributed by atoms with van der Waals surface area (Å²) in [4.78, 5) is 23.9. The summed E-state index contributed by atoms with van der Waals surface area (Å²) in [6.07, 6.45) is 7.77. The van der Waals surface area contributed by atoms with Crippen LogP contribution in [0.2, 0.25) is 0 Å². The van der Waals surface area contributed by atoms with E-state index in [1.165, 1.54) is 24.8 Å². The molecular formula is C17H24N2O2S. The van der Waals surface area contributed by atoms with Gasteiger partial charge in [0, 0.05) is 17.4 Å². The molecule has 1 aromatic rings. The van der Waals surface area contributed by atoms with Gasteiger partial charge in [-0.1, -0.05) is 31.4 Å². The van der Waals surface area contributed by atoms with Gasteiger partial charge in [0.2, 0.25) is 5.91 Å². The summed E-state index contributed by atoms with van der Waals surface area (Å²) in [5.74, 6) is 0.639. The highest BCUT2D eigenvalue weighted by atomic mass is 32.2. The number of benzene rings is 1. The minimum Gasteiger partial charge on any atom is -0.352 e. The highest BCUT2D eigenvalue weighted by molar-refractivity contribution is 7.97. The lowest BCUT2D eigenvalue weighted by atomic mass is 9.95. The molecule has 1 aliphatic rings. The van der Waals surface area contributed by atoms with Gasteiger partial charge in [-0.05, 0) is 36.8 Å². The number of carbonyl (C=O) groups is 2. The summed E-state index contributed by atoms with van der Waals surface area (Å²) in [6.45, 7) is 0.0435. The molecule has 1 fully saturated rings. The average Bonchev–Trinajstić information content (AvgIpc) is 2.54. The Morgan fingerprint density at radius 2 is 1.82 bits per heavy atom. The smallest absolute Gasteiger partial charge is 0.251 e. The number of nitrogens with one attached hydrogen (secondary N) is 2. The molecule has 0 aromatic heterocycles. The zero-order chi connectivity index (χ0) is 15.8. The number of hydrogen-bond donors (Lipinski definition) is 2. The molecular weight excluding hydrogens is 296 g/mol. The molecule has 5 heteroatoms. The van der Waals surface area contributed by atoms with Crippen LogP contribution in [0.4, 0.5) is 0 Å². The summed E-state index contributed by atoms with van der Waals surface area (Å²) < 4.78 is 0. The number of amides is 2. The second-order valence-corrected chi connectivity index (χ2v) is 6.58. The first kappa shape index (κ1) is 16.9. The molecule has 2 amide bonds. The lowest BCUT2D eigenvalue weighted by Crippen LogP contribution is -2.42. The van der Waals surface area contributed by atoms with Crippen molar-refractivity contribution in [3.05, 3.63) is 35.4 Å². The van der Waals surface area contributed by atoms with Crippen LogP contribution in [-0.4, -0.2) is 30.7 Å². The second kappa shape index (κ2) is 8.83. The lowest BCUT2D eigenvalue weighted by molar-refractivity contribution is -0.121. The quantitative estimate of drug-likeness (QED) is 0.847. The monoisotopic (exact) mass is 320 g/mol. The van der Waals surface area contributed by atoms with Gasteiger partial charge in [0.25, 0.3) is 5.91 Å². The first-order valence-corrected chi connectivity index (χ1v) is 9.24. The van der Waals surface area contributed by atoms with E-state index < -0.39 is 0 Å². The fourth-order valence-electron chi connectivity index (χ4n) is 2.71. The van der Waals surface area contributed by atoms with Crippen molar-refractivity contribution in [2.75, 3.05) is 12.8 Å². The van der Waals surface area contributed by atoms with E-state index in [2.05, 4.69) is 10.6 Å². The molecule has 0 saturated heterocycles. The maximum atomic E-state index is 12.0. The van der Waals surface area contributed by atoms with Crippen LogP contribution >= 0.6 is 11.8 Å². The topological polar surface area (TPSA) is 58.2 Å². The van der Waals surface area contributed by atoms with E-state index in [0.29, 0.717) is 5.56 Å². The average molecular weight is 320 g/mol. The van der Waals surface area contributed by atoms with Crippen LogP contribution in [0.25, 0.3) is 0 Å². The standard InChI is InChI=1S/C17H24N2O2S/c1-22-12-13-7-9-14(10-8-13)17(21)18-11-16(20)19-15-5-3-2-4-6-15/h7-10,15H,2-6,11-12H2,1H3,(H,18,21)(H,19,20). The Bertz CT molecular complexity index is 496. The van der Waals surface area contributed by atoms with E-state index in [4.69, 9.17) is 0 Å². The van der Waals surface area contributed by atoms with Crippen molar-refractivity contribution in [1.82, 2.24) is 10.6 Å². The maximum absolute atomic E-state index is 12.0.